The Morgan fingerprint density at radius 2 is 2.13 bits per heavy atom. The monoisotopic (exact) mass is 310 g/mol. The van der Waals surface area contributed by atoms with Crippen molar-refractivity contribution in [1.82, 2.24) is 0 Å². The third-order valence-corrected chi connectivity index (χ3v) is 6.92. The van der Waals surface area contributed by atoms with Crippen molar-refractivity contribution in [2.45, 2.75) is 50.5 Å². The zero-order chi connectivity index (χ0) is 16.2. The van der Waals surface area contributed by atoms with Crippen LogP contribution in [0.5, 0.6) is 5.75 Å². The highest BCUT2D eigenvalue weighted by molar-refractivity contribution is 5.41. The molecule has 0 unspecified atom stereocenters. The summed E-state index contributed by atoms with van der Waals surface area (Å²) in [5.41, 5.74) is 2.11. The van der Waals surface area contributed by atoms with E-state index in [1.165, 1.54) is 17.5 Å². The van der Waals surface area contributed by atoms with E-state index in [1.54, 1.807) is 7.11 Å². The van der Waals surface area contributed by atoms with E-state index in [9.17, 15) is 5.11 Å². The van der Waals surface area contributed by atoms with Crippen molar-refractivity contribution in [1.29, 1.82) is 0 Å². The first-order chi connectivity index (χ1) is 11.1. The quantitative estimate of drug-likeness (QED) is 0.800. The zero-order valence-electron chi connectivity index (χ0n) is 14.1. The highest BCUT2D eigenvalue weighted by Crippen LogP contribution is 2.59. The summed E-state index contributed by atoms with van der Waals surface area (Å²) in [4.78, 5) is 0. The molecule has 0 aliphatic heterocycles. The molecule has 1 aromatic carbocycles. The van der Waals surface area contributed by atoms with Crippen LogP contribution in [0.3, 0.4) is 0 Å². The summed E-state index contributed by atoms with van der Waals surface area (Å²) in [6.07, 6.45) is 11.1. The van der Waals surface area contributed by atoms with Crippen molar-refractivity contribution in [2.75, 3.05) is 7.11 Å². The highest BCUT2D eigenvalue weighted by atomic mass is 16.5. The first kappa shape index (κ1) is 15.1. The number of benzene rings is 1. The van der Waals surface area contributed by atoms with Crippen molar-refractivity contribution in [3.63, 3.8) is 0 Å². The molecule has 2 heteroatoms. The number of ether oxygens (including phenoxy) is 1. The minimum atomic E-state index is -0.866. The van der Waals surface area contributed by atoms with Gasteiger partial charge in [-0.25, -0.2) is 0 Å². The number of methoxy groups -OCH3 is 1. The number of aryl methyl sites for hydroxylation is 1. The summed E-state index contributed by atoms with van der Waals surface area (Å²) >= 11 is 0. The largest absolute Gasteiger partial charge is 0.497 e. The van der Waals surface area contributed by atoms with Crippen LogP contribution in [0.4, 0.5) is 0 Å². The van der Waals surface area contributed by atoms with E-state index < -0.39 is 5.60 Å². The van der Waals surface area contributed by atoms with E-state index in [0.29, 0.717) is 23.7 Å². The van der Waals surface area contributed by atoms with Crippen LogP contribution < -0.4 is 4.74 Å². The fourth-order valence-corrected chi connectivity index (χ4v) is 6.03. The lowest BCUT2D eigenvalue weighted by Gasteiger charge is -2.49. The lowest BCUT2D eigenvalue weighted by molar-refractivity contribution is -0.0219. The van der Waals surface area contributed by atoms with Gasteiger partial charge in [0.2, 0.25) is 0 Å². The van der Waals surface area contributed by atoms with Gasteiger partial charge in [-0.05, 0) is 79.0 Å². The average Bonchev–Trinajstić information content (AvgIpc) is 2.93. The number of hydrogen-bond donors (Lipinski definition) is 1. The maximum Gasteiger partial charge on any atom is 0.128 e. The number of rotatable bonds is 1. The maximum absolute atomic E-state index is 10.9. The van der Waals surface area contributed by atoms with E-state index in [1.807, 2.05) is 0 Å². The second-order valence-electron chi connectivity index (χ2n) is 7.88. The topological polar surface area (TPSA) is 29.5 Å². The van der Waals surface area contributed by atoms with Gasteiger partial charge >= 0.3 is 0 Å². The molecule has 23 heavy (non-hydrogen) atoms. The molecule has 2 saturated carbocycles. The normalized spacial score (nSPS) is 41.4. The summed E-state index contributed by atoms with van der Waals surface area (Å²) in [7, 11) is 1.74. The standard InChI is InChI=1S/C21H26O2/c1-4-21(22)10-9-18-17-7-5-14-12-15(23-3)6-8-16(14)19(17)11-13(2)20(18)21/h1,6,8,12-13,17-20,22H,5,7,9-11H2,2-3H3/t13-,17+,18+,19+,20-,21+/m1/s1. The van der Waals surface area contributed by atoms with Crippen molar-refractivity contribution in [2.24, 2.45) is 23.7 Å². The summed E-state index contributed by atoms with van der Waals surface area (Å²) in [6, 6.07) is 6.60. The Hall–Kier alpha value is -1.46. The van der Waals surface area contributed by atoms with Crippen molar-refractivity contribution >= 4 is 0 Å². The van der Waals surface area contributed by atoms with E-state index in [4.69, 9.17) is 11.2 Å². The first-order valence-corrected chi connectivity index (χ1v) is 8.94. The molecule has 2 nitrogen and oxygen atoms in total. The van der Waals surface area contributed by atoms with Gasteiger partial charge in [0.05, 0.1) is 7.11 Å². The molecule has 1 N–H and O–H groups in total. The molecular weight excluding hydrogens is 284 g/mol. The molecule has 0 amide bonds. The summed E-state index contributed by atoms with van der Waals surface area (Å²) in [5.74, 6) is 6.36. The SMILES string of the molecule is C#C[C@]1(O)CC[C@H]2[C@@H]3CCc4cc(OC)ccc4[C@@H]3C[C@@H](C)[C@H]21. The van der Waals surface area contributed by atoms with Crippen LogP contribution in [-0.2, 0) is 6.42 Å². The molecular formula is C21H26O2. The van der Waals surface area contributed by atoms with Crippen LogP contribution in [0.1, 0.15) is 49.7 Å². The molecule has 0 heterocycles. The van der Waals surface area contributed by atoms with Crippen LogP contribution in [0, 0.1) is 36.0 Å². The summed E-state index contributed by atoms with van der Waals surface area (Å²) < 4.78 is 5.39. The molecule has 6 atom stereocenters. The third kappa shape index (κ3) is 2.13. The number of terminal acetylenes is 1. The second kappa shape index (κ2) is 5.28. The third-order valence-electron chi connectivity index (χ3n) is 6.92. The predicted octanol–water partition coefficient (Wildman–Crippen LogP) is 3.77. The minimum absolute atomic E-state index is 0.286. The Labute approximate surface area is 139 Å². The summed E-state index contributed by atoms with van der Waals surface area (Å²) in [5, 5.41) is 10.9. The van der Waals surface area contributed by atoms with E-state index >= 15 is 0 Å². The Morgan fingerprint density at radius 3 is 2.87 bits per heavy atom. The second-order valence-corrected chi connectivity index (χ2v) is 7.88. The van der Waals surface area contributed by atoms with Crippen LogP contribution in [-0.4, -0.2) is 17.8 Å². The predicted molar refractivity (Wildman–Crippen MR) is 91.3 cm³/mol. The Kier molecular flexibility index (Phi) is 3.46. The lowest BCUT2D eigenvalue weighted by Crippen LogP contribution is -2.46. The van der Waals surface area contributed by atoms with Crippen LogP contribution in [0.15, 0.2) is 18.2 Å². The minimum Gasteiger partial charge on any atom is -0.497 e. The van der Waals surface area contributed by atoms with Gasteiger partial charge in [-0.15, -0.1) is 6.42 Å². The van der Waals surface area contributed by atoms with Crippen LogP contribution in [0.25, 0.3) is 0 Å². The molecule has 0 spiro atoms. The average molecular weight is 310 g/mol. The molecule has 3 aliphatic rings. The molecule has 4 rings (SSSR count). The van der Waals surface area contributed by atoms with Gasteiger partial charge in [-0.3, -0.25) is 0 Å². The highest BCUT2D eigenvalue weighted by Gasteiger charge is 2.56. The Bertz CT molecular complexity index is 658. The van der Waals surface area contributed by atoms with Crippen molar-refractivity contribution < 1.29 is 9.84 Å². The molecule has 1 aromatic rings. The van der Waals surface area contributed by atoms with Gasteiger partial charge in [0.25, 0.3) is 0 Å². The van der Waals surface area contributed by atoms with Gasteiger partial charge in [0.15, 0.2) is 0 Å². The fraction of sp³-hybridized carbons (Fsp3) is 0.619. The lowest BCUT2D eigenvalue weighted by atomic mass is 9.56. The van der Waals surface area contributed by atoms with Gasteiger partial charge in [0.1, 0.15) is 11.4 Å². The molecule has 122 valence electrons. The summed E-state index contributed by atoms with van der Waals surface area (Å²) in [6.45, 7) is 2.29. The smallest absolute Gasteiger partial charge is 0.128 e. The van der Waals surface area contributed by atoms with Crippen molar-refractivity contribution in [3.8, 4) is 18.1 Å². The Morgan fingerprint density at radius 1 is 1.30 bits per heavy atom. The van der Waals surface area contributed by atoms with Crippen LogP contribution in [0.2, 0.25) is 0 Å². The first-order valence-electron chi connectivity index (χ1n) is 8.94. The van der Waals surface area contributed by atoms with Gasteiger partial charge < -0.3 is 9.84 Å². The van der Waals surface area contributed by atoms with E-state index in [-0.39, 0.29) is 5.92 Å². The molecule has 0 bridgehead atoms. The van der Waals surface area contributed by atoms with Crippen LogP contribution >= 0.6 is 0 Å². The zero-order valence-corrected chi connectivity index (χ0v) is 14.1. The van der Waals surface area contributed by atoms with E-state index in [0.717, 1.165) is 31.4 Å². The number of aliphatic hydroxyl groups is 1. The Balaban J connectivity index is 1.70. The van der Waals surface area contributed by atoms with Crippen molar-refractivity contribution in [3.05, 3.63) is 29.3 Å². The van der Waals surface area contributed by atoms with Gasteiger partial charge in [-0.1, -0.05) is 18.9 Å². The molecule has 3 aliphatic carbocycles. The molecule has 0 aromatic heterocycles. The molecule has 2 fully saturated rings. The van der Waals surface area contributed by atoms with E-state index in [2.05, 4.69) is 31.0 Å². The number of fused-ring (bicyclic) bond motifs is 5. The van der Waals surface area contributed by atoms with Gasteiger partial charge in [-0.2, -0.15) is 0 Å². The number of hydrogen-bond acceptors (Lipinski definition) is 2. The molecule has 0 saturated heterocycles. The fourth-order valence-electron chi connectivity index (χ4n) is 6.03. The maximum atomic E-state index is 10.9. The molecule has 0 radical (unpaired) electrons. The van der Waals surface area contributed by atoms with Gasteiger partial charge in [0, 0.05) is 5.92 Å².